The zero-order valence-electron chi connectivity index (χ0n) is 90.8. The Bertz CT molecular complexity index is 2840. The quantitative estimate of drug-likeness (QED) is 0.0223. The van der Waals surface area contributed by atoms with Crippen LogP contribution in [0.1, 0.15) is 612 Å². The molecule has 2 aliphatic rings. The van der Waals surface area contributed by atoms with Crippen LogP contribution in [-0.4, -0.2) is 120 Å². The molecule has 0 spiro atoms. The first-order valence-corrected chi connectivity index (χ1v) is 60.0. The normalized spacial score (nSPS) is 18.5. The van der Waals surface area contributed by atoms with Crippen molar-refractivity contribution < 1.29 is 77.2 Å². The summed E-state index contributed by atoms with van der Waals surface area (Å²) in [6.45, 7) is 9.27. The van der Waals surface area contributed by atoms with Crippen LogP contribution >= 0.6 is 0 Å². The maximum Gasteiger partial charge on any atom is 0.306 e. The fraction of sp³-hybridized carbons (Fsp3) is 0.877. The number of carbonyl (C=O) groups excluding carboxylic acids is 5. The van der Waals surface area contributed by atoms with E-state index in [0.717, 1.165) is 173 Å². The van der Waals surface area contributed by atoms with E-state index < -0.39 is 104 Å². The lowest BCUT2D eigenvalue weighted by molar-refractivity contribution is -0.384. The van der Waals surface area contributed by atoms with Crippen molar-refractivity contribution in [2.24, 2.45) is 0 Å². The van der Waals surface area contributed by atoms with Crippen molar-refractivity contribution in [1.29, 1.82) is 0 Å². The number of ether oxygens (including phenoxy) is 8. The number of unbranched alkanes of at least 4 members (excludes halogenated alkanes) is 75. The van der Waals surface area contributed by atoms with E-state index in [4.69, 9.17) is 37.9 Å². The zero-order valence-corrected chi connectivity index (χ0v) is 90.8. The molecule has 0 aromatic rings. The average Bonchev–Trinajstić information content (AvgIpc) is 1.58. The number of hydrogen-bond donors (Lipinski definition) is 3. The molecule has 806 valence electrons. The topological polar surface area (TPSA) is 220 Å². The van der Waals surface area contributed by atoms with Crippen molar-refractivity contribution in [1.82, 2.24) is 0 Å². The van der Waals surface area contributed by atoms with Gasteiger partial charge in [-0.1, -0.05) is 481 Å². The van der Waals surface area contributed by atoms with Crippen LogP contribution in [0.2, 0.25) is 0 Å². The molecule has 2 saturated heterocycles. The van der Waals surface area contributed by atoms with Crippen molar-refractivity contribution >= 4 is 29.8 Å². The first-order valence-electron chi connectivity index (χ1n) is 60.0. The van der Waals surface area contributed by atoms with Crippen molar-refractivity contribution in [3.05, 3.63) is 60.8 Å². The van der Waals surface area contributed by atoms with Crippen molar-refractivity contribution in [2.75, 3.05) is 19.8 Å². The molecule has 2 rings (SSSR count). The van der Waals surface area contributed by atoms with Crippen LogP contribution in [0.15, 0.2) is 60.8 Å². The van der Waals surface area contributed by atoms with E-state index in [0.29, 0.717) is 32.1 Å². The molecule has 0 bridgehead atoms. The molecule has 9 atom stereocenters. The Kier molecular flexibility index (Phi) is 94.2. The summed E-state index contributed by atoms with van der Waals surface area (Å²) in [6, 6.07) is 0. The van der Waals surface area contributed by atoms with E-state index in [1.165, 1.54) is 340 Å². The van der Waals surface area contributed by atoms with Crippen LogP contribution in [0.5, 0.6) is 0 Å². The second kappa shape index (κ2) is 100. The molecule has 138 heavy (non-hydrogen) atoms. The number of rotatable bonds is 105. The van der Waals surface area contributed by atoms with Crippen LogP contribution in [0.3, 0.4) is 0 Å². The summed E-state index contributed by atoms with van der Waals surface area (Å²) in [5, 5.41) is 34.6. The van der Waals surface area contributed by atoms with E-state index in [1.54, 1.807) is 0 Å². The first-order chi connectivity index (χ1) is 67.9. The highest BCUT2D eigenvalue weighted by Crippen LogP contribution is 2.42. The Balaban J connectivity index is 2.51. The van der Waals surface area contributed by atoms with E-state index >= 15 is 0 Å². The molecule has 0 aromatic carbocycles. The van der Waals surface area contributed by atoms with E-state index in [1.807, 2.05) is 0 Å². The van der Waals surface area contributed by atoms with Crippen LogP contribution < -0.4 is 0 Å². The lowest BCUT2D eigenvalue weighted by Gasteiger charge is -2.45. The molecular weight excluding hydrogens is 1720 g/mol. The highest BCUT2D eigenvalue weighted by molar-refractivity contribution is 5.72. The van der Waals surface area contributed by atoms with Crippen LogP contribution in [0.25, 0.3) is 0 Å². The van der Waals surface area contributed by atoms with Crippen LogP contribution in [0, 0.1) is 0 Å². The molecular formula is C122H222O16. The Morgan fingerprint density at radius 2 is 0.457 bits per heavy atom. The van der Waals surface area contributed by atoms with Gasteiger partial charge in [0, 0.05) is 32.1 Å². The summed E-state index contributed by atoms with van der Waals surface area (Å²) >= 11 is 0. The first kappa shape index (κ1) is 130. The number of aliphatic hydroxyl groups excluding tert-OH is 3. The Hall–Kier alpha value is -4.19. The van der Waals surface area contributed by atoms with Gasteiger partial charge >= 0.3 is 29.8 Å². The molecule has 0 amide bonds. The summed E-state index contributed by atoms with van der Waals surface area (Å²) in [5.74, 6) is -5.53. The Labute approximate surface area is 850 Å². The third-order valence-corrected chi connectivity index (χ3v) is 28.4. The molecule has 16 heteroatoms. The molecule has 0 radical (unpaired) electrons. The summed E-state index contributed by atoms with van der Waals surface area (Å²) in [4.78, 5) is 72.5. The number of aliphatic hydroxyl groups is 3. The zero-order chi connectivity index (χ0) is 99.5. The number of esters is 5. The molecule has 2 fully saturated rings. The molecule has 0 unspecified atom stereocenters. The monoisotopic (exact) mass is 1940 g/mol. The van der Waals surface area contributed by atoms with E-state index in [2.05, 4.69) is 95.4 Å². The largest absolute Gasteiger partial charge is 0.463 e. The lowest BCUT2D eigenvalue weighted by Crippen LogP contribution is -2.64. The predicted octanol–water partition coefficient (Wildman–Crippen LogP) is 35.3. The second-order valence-corrected chi connectivity index (χ2v) is 41.7. The van der Waals surface area contributed by atoms with Gasteiger partial charge in [0.15, 0.2) is 18.3 Å². The highest BCUT2D eigenvalue weighted by Gasteiger charge is 2.64. The number of hydrogen-bond acceptors (Lipinski definition) is 16. The van der Waals surface area contributed by atoms with Gasteiger partial charge in [0.2, 0.25) is 12.1 Å². The minimum absolute atomic E-state index is 0.0166. The minimum atomic E-state index is -2.46. The third kappa shape index (κ3) is 78.2. The SMILES string of the molecule is CCCCCCCCC=CCCCCCCCCCCCC(=O)OC[C@H]1O[C@@](COC(=O)CCCCCCCCCCCC=CCCCCCCCC)(O[C@H]2O[C@H](CO)[C@@H](O)[C@H](O)[C@H]2OC(=O)CCCCCCCCCCCC=CCCCCCCCC)[C@@H](OC(=O)CCCCCCCCCCCC=CCCCCCCCC)[C@@H]1OC(=O)CCCCCCCCCCCC=CCCCCCCCC. The third-order valence-electron chi connectivity index (χ3n) is 28.4. The van der Waals surface area contributed by atoms with Gasteiger partial charge in [0.25, 0.3) is 0 Å². The summed E-state index contributed by atoms with van der Waals surface area (Å²) in [7, 11) is 0. The molecule has 3 N–H and O–H groups in total. The molecule has 0 saturated carbocycles. The highest BCUT2D eigenvalue weighted by atomic mass is 16.8. The number of carbonyl (C=O) groups is 5. The smallest absolute Gasteiger partial charge is 0.306 e. The van der Waals surface area contributed by atoms with Crippen LogP contribution in [0.4, 0.5) is 0 Å². The van der Waals surface area contributed by atoms with Gasteiger partial charge < -0.3 is 53.2 Å². The Morgan fingerprint density at radius 1 is 0.246 bits per heavy atom. The average molecular weight is 1950 g/mol. The summed E-state index contributed by atoms with van der Waals surface area (Å²) in [5.41, 5.74) is 0. The maximum atomic E-state index is 14.9. The summed E-state index contributed by atoms with van der Waals surface area (Å²) < 4.78 is 52.2. The van der Waals surface area contributed by atoms with Crippen LogP contribution in [-0.2, 0) is 61.9 Å². The van der Waals surface area contributed by atoms with E-state index in [9.17, 15) is 39.3 Å². The fourth-order valence-electron chi connectivity index (χ4n) is 19.3. The fourth-order valence-corrected chi connectivity index (χ4v) is 19.3. The molecule has 0 aliphatic carbocycles. The minimum Gasteiger partial charge on any atom is -0.463 e. The van der Waals surface area contributed by atoms with Crippen molar-refractivity contribution in [2.45, 2.75) is 667 Å². The molecule has 0 aromatic heterocycles. The van der Waals surface area contributed by atoms with Gasteiger partial charge in [-0.15, -0.1) is 0 Å². The Morgan fingerprint density at radius 3 is 0.703 bits per heavy atom. The van der Waals surface area contributed by atoms with Crippen molar-refractivity contribution in [3.8, 4) is 0 Å². The lowest BCUT2D eigenvalue weighted by atomic mass is 9.98. The predicted molar refractivity (Wildman–Crippen MR) is 578 cm³/mol. The summed E-state index contributed by atoms with van der Waals surface area (Å²) in [6.07, 6.45) is 108. The van der Waals surface area contributed by atoms with Gasteiger partial charge in [-0.05, 0) is 161 Å². The number of allylic oxidation sites excluding steroid dienone is 10. The van der Waals surface area contributed by atoms with Crippen molar-refractivity contribution in [3.63, 3.8) is 0 Å². The van der Waals surface area contributed by atoms with Gasteiger partial charge in [0.1, 0.15) is 37.6 Å². The van der Waals surface area contributed by atoms with E-state index in [-0.39, 0.29) is 32.1 Å². The van der Waals surface area contributed by atoms with Gasteiger partial charge in [-0.2, -0.15) is 0 Å². The maximum absolute atomic E-state index is 14.9. The van der Waals surface area contributed by atoms with Gasteiger partial charge in [-0.25, -0.2) is 0 Å². The molecule has 16 nitrogen and oxygen atoms in total. The van der Waals surface area contributed by atoms with Gasteiger partial charge in [0.05, 0.1) is 6.61 Å². The molecule has 2 heterocycles. The second-order valence-electron chi connectivity index (χ2n) is 41.7. The molecule has 2 aliphatic heterocycles. The van der Waals surface area contributed by atoms with Gasteiger partial charge in [-0.3, -0.25) is 24.0 Å². The standard InChI is InChI=1S/C122H222O16/c1-6-11-16-21-26-31-36-41-46-51-56-61-66-71-76-81-86-91-96-101-111(124)131-107-110-118(134-113(126)103-98-93-88-83-78-73-68-63-58-53-48-43-38-33-28-23-18-13-8-3)120(136-115(128)105-100-95-90-85-80-75-70-65-60-55-50-45-40-35-30-25-20-15-10-5)122(137-110,108-132-112(125)102-97-92-87-82-77-72-67-62-57-52-47-42-37-32-27-22-17-12-7-2)138-121-119(117(130)116(129)109(106-123)133-121)135-114(127)104-99-94-89-84-79-74-69-64-59-54-49-44-39-34-29-24-19-14-9-4/h41-50,109-110,116-121,123,129-130H,6-40,51-108H2,1-5H3/t109-,110-,116-,117+,118-,119-,120+,121-,122+/m1/s1.